The Morgan fingerprint density at radius 2 is 1.38 bits per heavy atom. The minimum atomic E-state index is -4.88. The van der Waals surface area contributed by atoms with Crippen molar-refractivity contribution in [2.24, 2.45) is 5.73 Å². The molecular formula is C12H12ClF6NO. The molecule has 0 aliphatic heterocycles. The van der Waals surface area contributed by atoms with E-state index in [-0.39, 0.29) is 25.1 Å². The van der Waals surface area contributed by atoms with Gasteiger partial charge in [-0.2, -0.15) is 26.3 Å². The van der Waals surface area contributed by atoms with Gasteiger partial charge in [-0.25, -0.2) is 0 Å². The highest BCUT2D eigenvalue weighted by atomic mass is 35.5. The molecule has 1 saturated carbocycles. The smallest absolute Gasteiger partial charge is 0.416 e. The van der Waals surface area contributed by atoms with Crippen molar-refractivity contribution in [1.29, 1.82) is 0 Å². The van der Waals surface area contributed by atoms with Crippen LogP contribution in [0.3, 0.4) is 0 Å². The quantitative estimate of drug-likeness (QED) is 0.847. The molecule has 1 aliphatic rings. The zero-order valence-electron chi connectivity index (χ0n) is 10.5. The zero-order valence-corrected chi connectivity index (χ0v) is 11.3. The number of ether oxygens (including phenoxy) is 1. The van der Waals surface area contributed by atoms with Gasteiger partial charge in [-0.3, -0.25) is 0 Å². The molecule has 2 nitrogen and oxygen atoms in total. The predicted molar refractivity (Wildman–Crippen MR) is 65.3 cm³/mol. The van der Waals surface area contributed by atoms with E-state index in [2.05, 4.69) is 0 Å². The topological polar surface area (TPSA) is 35.2 Å². The van der Waals surface area contributed by atoms with Crippen molar-refractivity contribution in [2.75, 3.05) is 6.61 Å². The normalized spacial score (nSPS) is 17.1. The maximum absolute atomic E-state index is 12.6. The fourth-order valence-corrected chi connectivity index (χ4v) is 1.54. The van der Waals surface area contributed by atoms with Crippen molar-refractivity contribution >= 4 is 12.4 Å². The third kappa shape index (κ3) is 4.67. The average Bonchev–Trinajstić information content (AvgIpc) is 3.03. The number of alkyl halides is 6. The summed E-state index contributed by atoms with van der Waals surface area (Å²) < 4.78 is 80.4. The van der Waals surface area contributed by atoms with Crippen LogP contribution in [0.5, 0.6) is 5.75 Å². The maximum atomic E-state index is 12.6. The van der Waals surface area contributed by atoms with Crippen molar-refractivity contribution in [3.8, 4) is 5.75 Å². The number of hydrogen-bond acceptors (Lipinski definition) is 2. The van der Waals surface area contributed by atoms with E-state index >= 15 is 0 Å². The summed E-state index contributed by atoms with van der Waals surface area (Å²) in [7, 11) is 0. The summed E-state index contributed by atoms with van der Waals surface area (Å²) in [5, 5.41) is 0. The lowest BCUT2D eigenvalue weighted by molar-refractivity contribution is -0.143. The molecule has 1 aromatic carbocycles. The number of benzene rings is 1. The van der Waals surface area contributed by atoms with E-state index in [0.717, 1.165) is 0 Å². The van der Waals surface area contributed by atoms with Gasteiger partial charge < -0.3 is 10.5 Å². The monoisotopic (exact) mass is 335 g/mol. The van der Waals surface area contributed by atoms with Crippen LogP contribution in [-0.2, 0) is 12.4 Å². The molecule has 0 heterocycles. The number of rotatable bonds is 3. The van der Waals surface area contributed by atoms with Crippen LogP contribution in [0, 0.1) is 0 Å². The van der Waals surface area contributed by atoms with E-state index in [1.165, 1.54) is 0 Å². The Balaban J connectivity index is 0.00000220. The summed E-state index contributed by atoms with van der Waals surface area (Å²) in [4.78, 5) is 0. The van der Waals surface area contributed by atoms with E-state index < -0.39 is 34.8 Å². The fourth-order valence-electron chi connectivity index (χ4n) is 1.54. The van der Waals surface area contributed by atoms with Crippen LogP contribution in [0.1, 0.15) is 24.0 Å². The second-order valence-corrected chi connectivity index (χ2v) is 4.89. The highest BCUT2D eigenvalue weighted by Crippen LogP contribution is 2.39. The molecule has 1 aliphatic carbocycles. The molecule has 1 aromatic rings. The first-order chi connectivity index (χ1) is 9.00. The van der Waals surface area contributed by atoms with Crippen LogP contribution in [0.25, 0.3) is 0 Å². The van der Waals surface area contributed by atoms with E-state index in [0.29, 0.717) is 25.0 Å². The Morgan fingerprint density at radius 1 is 0.952 bits per heavy atom. The molecule has 0 aromatic heterocycles. The second-order valence-electron chi connectivity index (χ2n) is 4.89. The fraction of sp³-hybridized carbons (Fsp3) is 0.500. The van der Waals surface area contributed by atoms with E-state index in [4.69, 9.17) is 10.5 Å². The molecule has 0 spiro atoms. The highest BCUT2D eigenvalue weighted by Gasteiger charge is 2.40. The molecule has 9 heteroatoms. The number of hydrogen-bond donors (Lipinski definition) is 1. The van der Waals surface area contributed by atoms with Crippen LogP contribution in [0.2, 0.25) is 0 Å². The molecule has 0 unspecified atom stereocenters. The Morgan fingerprint density at radius 3 is 1.71 bits per heavy atom. The van der Waals surface area contributed by atoms with Crippen molar-refractivity contribution in [2.45, 2.75) is 30.7 Å². The largest absolute Gasteiger partial charge is 0.492 e. The molecule has 0 atom stereocenters. The molecule has 2 rings (SSSR count). The molecule has 21 heavy (non-hydrogen) atoms. The van der Waals surface area contributed by atoms with Crippen LogP contribution in [0.4, 0.5) is 26.3 Å². The second kappa shape index (κ2) is 5.57. The van der Waals surface area contributed by atoms with Gasteiger partial charge in [-0.15, -0.1) is 12.4 Å². The van der Waals surface area contributed by atoms with Crippen molar-refractivity contribution in [3.05, 3.63) is 29.3 Å². The van der Waals surface area contributed by atoms with Gasteiger partial charge in [-0.1, -0.05) is 0 Å². The lowest BCUT2D eigenvalue weighted by Gasteiger charge is -2.16. The van der Waals surface area contributed by atoms with Crippen molar-refractivity contribution < 1.29 is 31.1 Å². The van der Waals surface area contributed by atoms with Gasteiger partial charge in [0, 0.05) is 0 Å². The number of nitrogens with two attached hydrogens (primary N) is 1. The molecule has 0 bridgehead atoms. The lowest BCUT2D eigenvalue weighted by atomic mass is 10.1. The summed E-state index contributed by atoms with van der Waals surface area (Å²) in [6, 6.07) is 1.14. The van der Waals surface area contributed by atoms with E-state index in [1.54, 1.807) is 0 Å². The summed E-state index contributed by atoms with van der Waals surface area (Å²) in [6.45, 7) is -0.106. The Kier molecular flexibility index (Phi) is 4.74. The molecule has 120 valence electrons. The van der Waals surface area contributed by atoms with Crippen molar-refractivity contribution in [3.63, 3.8) is 0 Å². The van der Waals surface area contributed by atoms with Crippen LogP contribution in [0.15, 0.2) is 18.2 Å². The maximum Gasteiger partial charge on any atom is 0.416 e. The average molecular weight is 336 g/mol. The van der Waals surface area contributed by atoms with Gasteiger partial charge in [0.25, 0.3) is 0 Å². The summed E-state index contributed by atoms with van der Waals surface area (Å²) >= 11 is 0. The number of halogens is 7. The van der Waals surface area contributed by atoms with Gasteiger partial charge in [0.1, 0.15) is 12.4 Å². The predicted octanol–water partition coefficient (Wildman–Crippen LogP) is 4.02. The molecule has 0 saturated heterocycles. The van der Waals surface area contributed by atoms with E-state index in [9.17, 15) is 26.3 Å². The Hall–Kier alpha value is -1.15. The van der Waals surface area contributed by atoms with Gasteiger partial charge in [-0.05, 0) is 31.0 Å². The molecule has 2 N–H and O–H groups in total. The molecule has 0 amide bonds. The zero-order chi connectivity index (χ0) is 15.2. The van der Waals surface area contributed by atoms with Gasteiger partial charge in [0.15, 0.2) is 0 Å². The van der Waals surface area contributed by atoms with Crippen LogP contribution in [-0.4, -0.2) is 12.1 Å². The summed E-state index contributed by atoms with van der Waals surface area (Å²) in [5.74, 6) is -0.483. The van der Waals surface area contributed by atoms with Crippen molar-refractivity contribution in [1.82, 2.24) is 0 Å². The van der Waals surface area contributed by atoms with Crippen LogP contribution < -0.4 is 10.5 Å². The molecular weight excluding hydrogens is 324 g/mol. The first-order valence-corrected chi connectivity index (χ1v) is 5.71. The van der Waals surface area contributed by atoms with Gasteiger partial charge in [0.05, 0.1) is 16.7 Å². The van der Waals surface area contributed by atoms with E-state index in [1.807, 2.05) is 0 Å². The summed E-state index contributed by atoms with van der Waals surface area (Å²) in [5.41, 5.74) is 2.24. The third-order valence-corrected chi connectivity index (χ3v) is 2.98. The SMILES string of the molecule is Cl.NC1(COc2cc(C(F)(F)F)cc(C(F)(F)F)c2)CC1. The van der Waals surface area contributed by atoms with Gasteiger partial charge in [0.2, 0.25) is 0 Å². The van der Waals surface area contributed by atoms with Gasteiger partial charge >= 0.3 is 12.4 Å². The minimum absolute atomic E-state index is 0. The Bertz CT molecular complexity index is 477. The summed E-state index contributed by atoms with van der Waals surface area (Å²) in [6.07, 6.45) is -8.48. The molecule has 0 radical (unpaired) electrons. The first kappa shape index (κ1) is 17.9. The standard InChI is InChI=1S/C12H11F6NO.ClH/c13-11(14,15)7-3-8(12(16,17)18)5-9(4-7)20-6-10(19)1-2-10;/h3-5H,1-2,6,19H2;1H. The first-order valence-electron chi connectivity index (χ1n) is 5.71. The van der Waals surface area contributed by atoms with Crippen LogP contribution >= 0.6 is 12.4 Å². The molecule has 1 fully saturated rings. The Labute approximate surface area is 122 Å². The minimum Gasteiger partial charge on any atom is -0.492 e. The lowest BCUT2D eigenvalue weighted by Crippen LogP contribution is -2.29. The highest BCUT2D eigenvalue weighted by molar-refractivity contribution is 5.85. The third-order valence-electron chi connectivity index (χ3n) is 2.98.